The quantitative estimate of drug-likeness (QED) is 0.701. The van der Waals surface area contributed by atoms with Gasteiger partial charge in [0, 0.05) is 23.7 Å². The van der Waals surface area contributed by atoms with Crippen LogP contribution in [0.3, 0.4) is 0 Å². The monoisotopic (exact) mass is 283 g/mol. The summed E-state index contributed by atoms with van der Waals surface area (Å²) in [5.41, 5.74) is 6.58. The fourth-order valence-electron chi connectivity index (χ4n) is 1.52. The van der Waals surface area contributed by atoms with Crippen molar-refractivity contribution in [3.05, 3.63) is 28.8 Å². The van der Waals surface area contributed by atoms with Crippen molar-refractivity contribution in [2.45, 2.75) is 26.2 Å². The summed E-state index contributed by atoms with van der Waals surface area (Å²) in [7, 11) is 0. The van der Waals surface area contributed by atoms with E-state index < -0.39 is 6.03 Å². The second-order valence-corrected chi connectivity index (χ2v) is 4.67. The Balaban J connectivity index is 2.27. The first-order chi connectivity index (χ1) is 8.99. The number of hydrogen-bond acceptors (Lipinski definition) is 2. The smallest absolute Gasteiger partial charge is 0.312 e. The summed E-state index contributed by atoms with van der Waals surface area (Å²) >= 11 is 5.97. The van der Waals surface area contributed by atoms with Gasteiger partial charge in [0.2, 0.25) is 5.91 Å². The lowest BCUT2D eigenvalue weighted by Gasteiger charge is -2.07. The third kappa shape index (κ3) is 6.10. The van der Waals surface area contributed by atoms with Crippen LogP contribution in [0.5, 0.6) is 0 Å². The van der Waals surface area contributed by atoms with Gasteiger partial charge in [0.15, 0.2) is 0 Å². The third-order valence-corrected chi connectivity index (χ3v) is 2.99. The molecule has 0 aromatic heterocycles. The molecule has 3 amide bonds. The van der Waals surface area contributed by atoms with E-state index in [9.17, 15) is 9.59 Å². The van der Waals surface area contributed by atoms with Crippen LogP contribution in [0.4, 0.5) is 10.5 Å². The Morgan fingerprint density at radius 1 is 1.32 bits per heavy atom. The number of amides is 3. The minimum absolute atomic E-state index is 0.0704. The highest BCUT2D eigenvalue weighted by molar-refractivity contribution is 6.31. The highest BCUT2D eigenvalue weighted by Crippen LogP contribution is 2.20. The van der Waals surface area contributed by atoms with Crippen LogP contribution in [0.15, 0.2) is 18.2 Å². The summed E-state index contributed by atoms with van der Waals surface area (Å²) < 4.78 is 0. The molecule has 0 aliphatic carbocycles. The van der Waals surface area contributed by atoms with Crippen molar-refractivity contribution in [3.63, 3.8) is 0 Å². The van der Waals surface area contributed by atoms with Gasteiger partial charge in [-0.25, -0.2) is 4.79 Å². The van der Waals surface area contributed by atoms with E-state index in [0.717, 1.165) is 5.56 Å². The molecule has 0 radical (unpaired) electrons. The molecule has 5 nitrogen and oxygen atoms in total. The van der Waals surface area contributed by atoms with E-state index in [-0.39, 0.29) is 5.91 Å². The Kier molecular flexibility index (Phi) is 6.15. The molecule has 6 heteroatoms. The van der Waals surface area contributed by atoms with Gasteiger partial charge in [-0.3, -0.25) is 4.79 Å². The van der Waals surface area contributed by atoms with Gasteiger partial charge in [0.1, 0.15) is 0 Å². The van der Waals surface area contributed by atoms with E-state index >= 15 is 0 Å². The largest absolute Gasteiger partial charge is 0.352 e. The first-order valence-electron chi connectivity index (χ1n) is 6.08. The molecule has 0 unspecified atom stereocenters. The molecule has 0 spiro atoms. The number of nitrogens with two attached hydrogens (primary N) is 1. The van der Waals surface area contributed by atoms with Crippen molar-refractivity contribution in [2.24, 2.45) is 5.73 Å². The molecule has 0 saturated carbocycles. The fourth-order valence-corrected chi connectivity index (χ4v) is 1.70. The van der Waals surface area contributed by atoms with E-state index in [1.807, 2.05) is 19.1 Å². The molecule has 19 heavy (non-hydrogen) atoms. The minimum atomic E-state index is -0.543. The third-order valence-electron chi connectivity index (χ3n) is 2.59. The normalized spacial score (nSPS) is 10.0. The topological polar surface area (TPSA) is 84.2 Å². The molecule has 1 rings (SSSR count). The molecular weight excluding hydrogens is 266 g/mol. The Morgan fingerprint density at radius 2 is 2.05 bits per heavy atom. The lowest BCUT2D eigenvalue weighted by Crippen LogP contribution is -2.30. The lowest BCUT2D eigenvalue weighted by atomic mass is 10.2. The Hall–Kier alpha value is -1.75. The van der Waals surface area contributed by atoms with Crippen molar-refractivity contribution in [2.75, 3.05) is 11.9 Å². The van der Waals surface area contributed by atoms with Gasteiger partial charge in [-0.1, -0.05) is 17.7 Å². The molecule has 1 aromatic carbocycles. The summed E-state index contributed by atoms with van der Waals surface area (Å²) in [5.74, 6) is -0.0704. The maximum atomic E-state index is 11.6. The number of rotatable bonds is 6. The molecule has 0 atom stereocenters. The van der Waals surface area contributed by atoms with Gasteiger partial charge in [-0.05, 0) is 37.5 Å². The predicted molar refractivity (Wildman–Crippen MR) is 76.3 cm³/mol. The molecule has 0 heterocycles. The van der Waals surface area contributed by atoms with Gasteiger partial charge in [-0.15, -0.1) is 0 Å². The maximum absolute atomic E-state index is 11.6. The van der Waals surface area contributed by atoms with Crippen LogP contribution in [-0.2, 0) is 4.79 Å². The molecule has 0 aliphatic rings. The minimum Gasteiger partial charge on any atom is -0.352 e. The number of carbonyl (C=O) groups excluding carboxylic acids is 2. The second kappa shape index (κ2) is 7.63. The highest BCUT2D eigenvalue weighted by atomic mass is 35.5. The van der Waals surface area contributed by atoms with E-state index in [1.165, 1.54) is 0 Å². The SMILES string of the molecule is Cc1ccc(NC(=O)CCCCNC(N)=O)cc1Cl. The molecule has 0 aliphatic heterocycles. The van der Waals surface area contributed by atoms with E-state index in [4.69, 9.17) is 17.3 Å². The Bertz CT molecular complexity index is 463. The summed E-state index contributed by atoms with van der Waals surface area (Å²) in [6.45, 7) is 2.39. The molecule has 1 aromatic rings. The number of unbranched alkanes of at least 4 members (excludes halogenated alkanes) is 1. The van der Waals surface area contributed by atoms with Crippen molar-refractivity contribution >= 4 is 29.2 Å². The number of anilines is 1. The van der Waals surface area contributed by atoms with Crippen LogP contribution in [0.2, 0.25) is 5.02 Å². The van der Waals surface area contributed by atoms with E-state index in [0.29, 0.717) is 36.5 Å². The molecule has 0 fully saturated rings. The van der Waals surface area contributed by atoms with E-state index in [2.05, 4.69) is 10.6 Å². The van der Waals surface area contributed by atoms with Crippen molar-refractivity contribution in [1.29, 1.82) is 0 Å². The van der Waals surface area contributed by atoms with Gasteiger partial charge in [0.25, 0.3) is 0 Å². The number of carbonyl (C=O) groups is 2. The molecule has 0 bridgehead atoms. The van der Waals surface area contributed by atoms with Crippen molar-refractivity contribution in [3.8, 4) is 0 Å². The van der Waals surface area contributed by atoms with Gasteiger partial charge in [-0.2, -0.15) is 0 Å². The highest BCUT2D eigenvalue weighted by Gasteiger charge is 2.04. The van der Waals surface area contributed by atoms with Crippen LogP contribution in [-0.4, -0.2) is 18.5 Å². The van der Waals surface area contributed by atoms with Crippen LogP contribution >= 0.6 is 11.6 Å². The zero-order valence-corrected chi connectivity index (χ0v) is 11.6. The number of aryl methyl sites for hydroxylation is 1. The summed E-state index contributed by atoms with van der Waals surface area (Å²) in [4.78, 5) is 22.1. The van der Waals surface area contributed by atoms with E-state index in [1.54, 1.807) is 6.07 Å². The lowest BCUT2D eigenvalue weighted by molar-refractivity contribution is -0.116. The van der Waals surface area contributed by atoms with Crippen LogP contribution < -0.4 is 16.4 Å². The number of hydrogen-bond donors (Lipinski definition) is 3. The van der Waals surface area contributed by atoms with Crippen molar-refractivity contribution < 1.29 is 9.59 Å². The van der Waals surface area contributed by atoms with Gasteiger partial charge < -0.3 is 16.4 Å². The fraction of sp³-hybridized carbons (Fsp3) is 0.385. The number of primary amides is 1. The van der Waals surface area contributed by atoms with Crippen LogP contribution in [0, 0.1) is 6.92 Å². The predicted octanol–water partition coefficient (Wildman–Crippen LogP) is 2.43. The number of nitrogens with one attached hydrogen (secondary N) is 2. The zero-order valence-electron chi connectivity index (χ0n) is 10.8. The van der Waals surface area contributed by atoms with Gasteiger partial charge in [0.05, 0.1) is 0 Å². The number of benzene rings is 1. The number of urea groups is 1. The Morgan fingerprint density at radius 3 is 2.68 bits per heavy atom. The standard InChI is InChI=1S/C13H18ClN3O2/c1-9-5-6-10(8-11(9)14)17-12(18)4-2-3-7-16-13(15)19/h5-6,8H,2-4,7H2,1H3,(H,17,18)(H3,15,16,19). The number of halogens is 1. The summed E-state index contributed by atoms with van der Waals surface area (Å²) in [5, 5.41) is 5.87. The molecule has 4 N–H and O–H groups in total. The molecule has 104 valence electrons. The zero-order chi connectivity index (χ0) is 14.3. The molecular formula is C13H18ClN3O2. The summed E-state index contributed by atoms with van der Waals surface area (Å²) in [6.07, 6.45) is 1.79. The average molecular weight is 284 g/mol. The van der Waals surface area contributed by atoms with Gasteiger partial charge >= 0.3 is 6.03 Å². The molecule has 0 saturated heterocycles. The first kappa shape index (κ1) is 15.3. The van der Waals surface area contributed by atoms with Crippen LogP contribution in [0.1, 0.15) is 24.8 Å². The first-order valence-corrected chi connectivity index (χ1v) is 6.46. The average Bonchev–Trinajstić information content (AvgIpc) is 2.33. The second-order valence-electron chi connectivity index (χ2n) is 4.26. The maximum Gasteiger partial charge on any atom is 0.312 e. The van der Waals surface area contributed by atoms with Crippen LogP contribution in [0.25, 0.3) is 0 Å². The summed E-state index contributed by atoms with van der Waals surface area (Å²) in [6, 6.07) is 4.85. The Labute approximate surface area is 117 Å². The van der Waals surface area contributed by atoms with Crippen molar-refractivity contribution in [1.82, 2.24) is 5.32 Å².